The van der Waals surface area contributed by atoms with E-state index in [1.54, 1.807) is 12.0 Å². The van der Waals surface area contributed by atoms with E-state index >= 15 is 0 Å². The number of hydrogen-bond donors (Lipinski definition) is 2. The number of carbonyl (C=O) groups is 1. The molecular formula is C31H33N4O3+. The van der Waals surface area contributed by atoms with Crippen molar-refractivity contribution in [2.24, 2.45) is 0 Å². The van der Waals surface area contributed by atoms with Gasteiger partial charge in [0, 0.05) is 16.8 Å². The Morgan fingerprint density at radius 2 is 1.74 bits per heavy atom. The Bertz CT molecular complexity index is 1500. The lowest BCUT2D eigenvalue weighted by Crippen LogP contribution is -3.18. The smallest absolute Gasteiger partial charge is 0.196 e. The van der Waals surface area contributed by atoms with Crippen molar-refractivity contribution in [2.75, 3.05) is 43.5 Å². The summed E-state index contributed by atoms with van der Waals surface area (Å²) in [5.74, 6) is 1.46. The first-order valence-corrected chi connectivity index (χ1v) is 13.8. The molecule has 0 spiro atoms. The molecule has 1 saturated carbocycles. The summed E-state index contributed by atoms with van der Waals surface area (Å²) in [7, 11) is 1.66. The second-order valence-corrected chi connectivity index (χ2v) is 10.8. The quantitative estimate of drug-likeness (QED) is 0.354. The predicted molar refractivity (Wildman–Crippen MR) is 149 cm³/mol. The highest BCUT2D eigenvalue weighted by Crippen LogP contribution is 2.46. The van der Waals surface area contributed by atoms with Gasteiger partial charge in [0.1, 0.15) is 11.3 Å². The molecule has 0 radical (unpaired) electrons. The number of hydrogen-bond acceptors (Lipinski definition) is 6. The molecule has 4 aromatic rings. The van der Waals surface area contributed by atoms with Crippen LogP contribution in [0, 0.1) is 0 Å². The molecule has 1 aliphatic heterocycles. The highest BCUT2D eigenvalue weighted by molar-refractivity contribution is 6.28. The van der Waals surface area contributed by atoms with E-state index in [4.69, 9.17) is 9.26 Å². The molecule has 2 fully saturated rings. The number of aromatic nitrogens is 1. The van der Waals surface area contributed by atoms with Crippen molar-refractivity contribution in [1.82, 2.24) is 5.16 Å². The van der Waals surface area contributed by atoms with Crippen LogP contribution in [0.3, 0.4) is 0 Å². The van der Waals surface area contributed by atoms with E-state index in [9.17, 15) is 4.79 Å². The molecule has 2 aliphatic carbocycles. The number of carbonyl (C=O) groups excluding carboxylic acids is 1. The topological polar surface area (TPSA) is 72.0 Å². The van der Waals surface area contributed by atoms with Gasteiger partial charge in [-0.05, 0) is 56.0 Å². The average Bonchev–Trinajstić information content (AvgIpc) is 3.42. The van der Waals surface area contributed by atoms with Crippen molar-refractivity contribution in [3.63, 3.8) is 0 Å². The number of piperazine rings is 1. The molecule has 194 valence electrons. The largest absolute Gasteiger partial charge is 0.497 e. The van der Waals surface area contributed by atoms with Crippen LogP contribution >= 0.6 is 0 Å². The van der Waals surface area contributed by atoms with Crippen LogP contribution in [0.15, 0.2) is 59.1 Å². The number of methoxy groups -OCH3 is 1. The Labute approximate surface area is 222 Å². The number of rotatable bonds is 5. The highest BCUT2D eigenvalue weighted by Gasteiger charge is 2.35. The van der Waals surface area contributed by atoms with Gasteiger partial charge in [0.25, 0.3) is 0 Å². The Hall–Kier alpha value is -3.84. The number of fused-ring (bicyclic) bond motifs is 2. The van der Waals surface area contributed by atoms with Crippen LogP contribution < -0.4 is 19.9 Å². The first-order chi connectivity index (χ1) is 18.7. The second-order valence-electron chi connectivity index (χ2n) is 10.8. The first kappa shape index (κ1) is 23.3. The molecule has 3 aliphatic rings. The number of anilines is 3. The number of quaternary nitrogens is 1. The average molecular weight is 510 g/mol. The molecular weight excluding hydrogens is 476 g/mol. The summed E-state index contributed by atoms with van der Waals surface area (Å²) in [4.78, 5) is 18.0. The lowest BCUT2D eigenvalue weighted by molar-refractivity contribution is -0.927. The maximum atomic E-state index is 13.9. The molecule has 38 heavy (non-hydrogen) atoms. The summed E-state index contributed by atoms with van der Waals surface area (Å²) >= 11 is 0. The molecule has 1 aromatic heterocycles. The van der Waals surface area contributed by atoms with Gasteiger partial charge in [-0.1, -0.05) is 35.8 Å². The van der Waals surface area contributed by atoms with Gasteiger partial charge in [0.2, 0.25) is 0 Å². The highest BCUT2D eigenvalue weighted by atomic mass is 16.5. The molecule has 2 heterocycles. The van der Waals surface area contributed by atoms with Crippen molar-refractivity contribution in [3.8, 4) is 17.1 Å². The summed E-state index contributed by atoms with van der Waals surface area (Å²) in [5.41, 5.74) is 5.57. The van der Waals surface area contributed by atoms with Crippen molar-refractivity contribution < 1.29 is 19.0 Å². The zero-order valence-corrected chi connectivity index (χ0v) is 21.8. The van der Waals surface area contributed by atoms with Gasteiger partial charge in [-0.3, -0.25) is 4.79 Å². The summed E-state index contributed by atoms with van der Waals surface area (Å²) in [5, 5.41) is 8.91. The zero-order valence-electron chi connectivity index (χ0n) is 21.8. The van der Waals surface area contributed by atoms with E-state index in [1.165, 1.54) is 32.1 Å². The lowest BCUT2D eigenvalue weighted by Gasteiger charge is -2.39. The first-order valence-electron chi connectivity index (χ1n) is 13.8. The predicted octanol–water partition coefficient (Wildman–Crippen LogP) is 4.83. The van der Waals surface area contributed by atoms with Crippen LogP contribution in [0.5, 0.6) is 5.75 Å². The van der Waals surface area contributed by atoms with Gasteiger partial charge in [-0.25, -0.2) is 0 Å². The minimum Gasteiger partial charge on any atom is -0.497 e. The fourth-order valence-corrected chi connectivity index (χ4v) is 6.67. The Balaban J connectivity index is 1.30. The van der Waals surface area contributed by atoms with E-state index in [2.05, 4.69) is 21.4 Å². The van der Waals surface area contributed by atoms with E-state index in [1.807, 2.05) is 48.5 Å². The zero-order chi connectivity index (χ0) is 25.6. The SMILES string of the molecule is COc1ccc(Nc2cc(N3CC[NH+](C4CCCCC4)CC3)c3noc4c3c2C(=O)c2ccccc2-4)cc1. The maximum Gasteiger partial charge on any atom is 0.196 e. The van der Waals surface area contributed by atoms with Crippen molar-refractivity contribution in [3.05, 3.63) is 65.7 Å². The van der Waals surface area contributed by atoms with E-state index in [0.29, 0.717) is 16.9 Å². The van der Waals surface area contributed by atoms with Crippen LogP contribution in [-0.2, 0) is 0 Å². The summed E-state index contributed by atoms with van der Waals surface area (Å²) < 4.78 is 11.3. The maximum absolute atomic E-state index is 13.9. The number of benzene rings is 3. The number of ether oxygens (including phenoxy) is 1. The normalized spacial score (nSPS) is 18.0. The Morgan fingerprint density at radius 3 is 2.47 bits per heavy atom. The Kier molecular flexibility index (Phi) is 5.81. The van der Waals surface area contributed by atoms with Gasteiger partial charge >= 0.3 is 0 Å². The van der Waals surface area contributed by atoms with Crippen LogP contribution in [0.1, 0.15) is 48.0 Å². The molecule has 7 heteroatoms. The van der Waals surface area contributed by atoms with Gasteiger partial charge in [0.15, 0.2) is 11.5 Å². The van der Waals surface area contributed by atoms with Gasteiger partial charge < -0.3 is 24.4 Å². The minimum absolute atomic E-state index is 0.00424. The Morgan fingerprint density at radius 1 is 1.00 bits per heavy atom. The third-order valence-corrected chi connectivity index (χ3v) is 8.68. The number of nitrogens with one attached hydrogen (secondary N) is 2. The molecule has 7 nitrogen and oxygen atoms in total. The summed E-state index contributed by atoms with van der Waals surface area (Å²) in [6, 6.07) is 18.3. The molecule has 0 amide bonds. The fraction of sp³-hybridized carbons (Fsp3) is 0.355. The van der Waals surface area contributed by atoms with Crippen molar-refractivity contribution in [2.45, 2.75) is 38.1 Å². The van der Waals surface area contributed by atoms with Crippen LogP contribution in [-0.4, -0.2) is 50.3 Å². The number of nitrogens with zero attached hydrogens (tertiary/aromatic N) is 2. The van der Waals surface area contributed by atoms with Gasteiger partial charge in [-0.2, -0.15) is 0 Å². The molecule has 0 atom stereocenters. The van der Waals surface area contributed by atoms with Crippen LogP contribution in [0.2, 0.25) is 0 Å². The van der Waals surface area contributed by atoms with Gasteiger partial charge in [0.05, 0.1) is 61.7 Å². The standard InChI is InChI=1S/C31H32N4O3/c1-37-22-13-11-20(12-14-22)32-25-19-26(35-17-15-34(16-18-35)21-7-3-2-4-8-21)29-28-27(25)30(36)23-9-5-6-10-24(23)31(28)38-33-29/h5-6,9-14,19,21,32H,2-4,7-8,15-18H2,1H3/p+1. The van der Waals surface area contributed by atoms with E-state index in [0.717, 1.165) is 71.5 Å². The third-order valence-electron chi connectivity index (χ3n) is 8.68. The fourth-order valence-electron chi connectivity index (χ4n) is 6.67. The number of ketones is 1. The molecule has 2 N–H and O–H groups in total. The van der Waals surface area contributed by atoms with Crippen LogP contribution in [0.4, 0.5) is 17.1 Å². The van der Waals surface area contributed by atoms with Crippen molar-refractivity contribution in [1.29, 1.82) is 0 Å². The summed E-state index contributed by atoms with van der Waals surface area (Å²) in [6.45, 7) is 4.19. The third kappa shape index (κ3) is 3.84. The van der Waals surface area contributed by atoms with Crippen molar-refractivity contribution >= 4 is 33.7 Å². The van der Waals surface area contributed by atoms with E-state index < -0.39 is 0 Å². The molecule has 0 unspecified atom stereocenters. The van der Waals surface area contributed by atoms with E-state index in [-0.39, 0.29) is 5.78 Å². The minimum atomic E-state index is -0.00424. The summed E-state index contributed by atoms with van der Waals surface area (Å²) in [6.07, 6.45) is 6.85. The molecule has 0 bridgehead atoms. The molecule has 3 aromatic carbocycles. The van der Waals surface area contributed by atoms with Crippen LogP contribution in [0.25, 0.3) is 22.2 Å². The molecule has 7 rings (SSSR count). The molecule has 1 saturated heterocycles. The monoisotopic (exact) mass is 509 g/mol. The second kappa shape index (κ2) is 9.48. The van der Waals surface area contributed by atoms with Gasteiger partial charge in [-0.15, -0.1) is 0 Å². The lowest BCUT2D eigenvalue weighted by atomic mass is 9.86.